The minimum Gasteiger partial charge on any atom is -0.354 e. The van der Waals surface area contributed by atoms with E-state index in [4.69, 9.17) is 0 Å². The van der Waals surface area contributed by atoms with Crippen molar-refractivity contribution in [2.24, 2.45) is 5.92 Å². The van der Waals surface area contributed by atoms with Crippen molar-refractivity contribution in [1.29, 1.82) is 0 Å². The summed E-state index contributed by atoms with van der Waals surface area (Å²) in [7, 11) is 0. The van der Waals surface area contributed by atoms with Crippen molar-refractivity contribution in [2.45, 2.75) is 26.3 Å². The van der Waals surface area contributed by atoms with Gasteiger partial charge in [0, 0.05) is 19.6 Å². The number of amides is 1. The van der Waals surface area contributed by atoms with Crippen LogP contribution in [0.3, 0.4) is 0 Å². The summed E-state index contributed by atoms with van der Waals surface area (Å²) in [6.45, 7) is 4.04. The molecule has 1 N–H and O–H groups in total. The second-order valence-electron chi connectivity index (χ2n) is 6.70. The van der Waals surface area contributed by atoms with E-state index in [2.05, 4.69) is 25.5 Å². The van der Waals surface area contributed by atoms with E-state index >= 15 is 0 Å². The molecule has 0 saturated carbocycles. The van der Waals surface area contributed by atoms with Crippen molar-refractivity contribution in [3.63, 3.8) is 0 Å². The normalized spacial score (nSPS) is 17.4. The third kappa shape index (κ3) is 3.37. The number of hydrogen-bond acceptors (Lipinski definition) is 5. The second kappa shape index (κ2) is 7.11. The molecule has 0 aliphatic carbocycles. The molecular formula is C19H22N6O. The van der Waals surface area contributed by atoms with Crippen molar-refractivity contribution < 1.29 is 4.79 Å². The summed E-state index contributed by atoms with van der Waals surface area (Å²) >= 11 is 0. The second-order valence-corrected chi connectivity index (χ2v) is 6.70. The van der Waals surface area contributed by atoms with E-state index in [0.717, 1.165) is 42.2 Å². The molecule has 7 nitrogen and oxygen atoms in total. The van der Waals surface area contributed by atoms with Crippen LogP contribution in [0.5, 0.6) is 0 Å². The molecule has 1 saturated heterocycles. The highest BCUT2D eigenvalue weighted by molar-refractivity contribution is 5.79. The van der Waals surface area contributed by atoms with Crippen LogP contribution in [0, 0.1) is 12.8 Å². The maximum absolute atomic E-state index is 12.6. The smallest absolute Gasteiger partial charge is 0.225 e. The van der Waals surface area contributed by atoms with E-state index in [-0.39, 0.29) is 11.8 Å². The Labute approximate surface area is 152 Å². The molecule has 7 heteroatoms. The Kier molecular flexibility index (Phi) is 4.51. The minimum absolute atomic E-state index is 0.0213. The number of nitrogens with one attached hydrogen (secondary N) is 1. The molecule has 1 aliphatic rings. The molecule has 0 bridgehead atoms. The van der Waals surface area contributed by atoms with Gasteiger partial charge in [0.15, 0.2) is 11.5 Å². The van der Waals surface area contributed by atoms with Crippen molar-refractivity contribution in [3.8, 4) is 0 Å². The lowest BCUT2D eigenvalue weighted by atomic mass is 9.97. The van der Waals surface area contributed by atoms with Crippen molar-refractivity contribution in [1.82, 2.24) is 25.1 Å². The molecular weight excluding hydrogens is 328 g/mol. The van der Waals surface area contributed by atoms with Gasteiger partial charge in [0.2, 0.25) is 5.91 Å². The zero-order valence-electron chi connectivity index (χ0n) is 14.8. The first-order chi connectivity index (χ1) is 12.7. The standard InChI is InChI=1S/C19H22N6O/c1-14-21-22-17-9-10-18(23-25(14)17)24-11-5-8-16(13-24)19(26)20-12-15-6-3-2-4-7-15/h2-4,6-7,9-10,16H,5,8,11-13H2,1H3,(H,20,26)/t16-/m1/s1. The Morgan fingerprint density at radius 1 is 1.19 bits per heavy atom. The van der Waals surface area contributed by atoms with Crippen LogP contribution >= 0.6 is 0 Å². The molecule has 1 atom stereocenters. The zero-order valence-corrected chi connectivity index (χ0v) is 14.8. The van der Waals surface area contributed by atoms with Gasteiger partial charge >= 0.3 is 0 Å². The Bertz CT molecular complexity index is 907. The number of carbonyl (C=O) groups is 1. The van der Waals surface area contributed by atoms with Crippen LogP contribution in [0.2, 0.25) is 0 Å². The van der Waals surface area contributed by atoms with E-state index in [9.17, 15) is 4.79 Å². The number of nitrogens with zero attached hydrogens (tertiary/aromatic N) is 5. The maximum Gasteiger partial charge on any atom is 0.225 e. The predicted octanol–water partition coefficient (Wildman–Crippen LogP) is 1.97. The van der Waals surface area contributed by atoms with Crippen molar-refractivity contribution in [2.75, 3.05) is 18.0 Å². The fourth-order valence-corrected chi connectivity index (χ4v) is 3.38. The van der Waals surface area contributed by atoms with Crippen LogP contribution in [0.4, 0.5) is 5.82 Å². The number of aromatic nitrogens is 4. The van der Waals surface area contributed by atoms with Crippen LogP contribution in [0.1, 0.15) is 24.2 Å². The Morgan fingerprint density at radius 2 is 2.04 bits per heavy atom. The number of piperidine rings is 1. The first kappa shape index (κ1) is 16.5. The zero-order chi connectivity index (χ0) is 17.9. The summed E-state index contributed by atoms with van der Waals surface area (Å²) < 4.78 is 1.74. The third-order valence-electron chi connectivity index (χ3n) is 4.83. The van der Waals surface area contributed by atoms with Crippen molar-refractivity contribution in [3.05, 3.63) is 53.9 Å². The summed E-state index contributed by atoms with van der Waals surface area (Å²) in [6, 6.07) is 13.9. The number of rotatable bonds is 4. The SMILES string of the molecule is Cc1nnc2ccc(N3CCC[C@@H](C(=O)NCc4ccccc4)C3)nn12. The van der Waals surface area contributed by atoms with E-state index < -0.39 is 0 Å². The van der Waals surface area contributed by atoms with E-state index in [0.29, 0.717) is 13.1 Å². The molecule has 1 aromatic carbocycles. The van der Waals surface area contributed by atoms with Gasteiger partial charge in [-0.25, -0.2) is 0 Å². The van der Waals surface area contributed by atoms with Gasteiger partial charge in [-0.2, -0.15) is 4.52 Å². The van der Waals surface area contributed by atoms with Gasteiger partial charge in [-0.05, 0) is 37.5 Å². The van der Waals surface area contributed by atoms with Crippen molar-refractivity contribution >= 4 is 17.4 Å². The van der Waals surface area contributed by atoms with Crippen LogP contribution in [0.15, 0.2) is 42.5 Å². The number of carbonyl (C=O) groups excluding carboxylic acids is 1. The lowest BCUT2D eigenvalue weighted by molar-refractivity contribution is -0.125. The van der Waals surface area contributed by atoms with Gasteiger partial charge in [-0.3, -0.25) is 4.79 Å². The average Bonchev–Trinajstić information content (AvgIpc) is 3.07. The highest BCUT2D eigenvalue weighted by Crippen LogP contribution is 2.22. The van der Waals surface area contributed by atoms with Gasteiger partial charge in [0.25, 0.3) is 0 Å². The monoisotopic (exact) mass is 350 g/mol. The molecule has 1 fully saturated rings. The lowest BCUT2D eigenvalue weighted by Gasteiger charge is -2.32. The summed E-state index contributed by atoms with van der Waals surface area (Å²) in [6.07, 6.45) is 1.88. The summed E-state index contributed by atoms with van der Waals surface area (Å²) in [4.78, 5) is 14.8. The van der Waals surface area contributed by atoms with Gasteiger partial charge in [-0.1, -0.05) is 30.3 Å². The summed E-state index contributed by atoms with van der Waals surface area (Å²) in [5, 5.41) is 15.8. The fourth-order valence-electron chi connectivity index (χ4n) is 3.38. The number of anilines is 1. The molecule has 0 radical (unpaired) electrons. The van der Waals surface area contributed by atoms with Gasteiger partial charge < -0.3 is 10.2 Å². The van der Waals surface area contributed by atoms with Gasteiger partial charge in [0.1, 0.15) is 5.82 Å². The molecule has 4 rings (SSSR count). The number of fused-ring (bicyclic) bond motifs is 1. The Morgan fingerprint density at radius 3 is 2.88 bits per heavy atom. The van der Waals surface area contributed by atoms with Crippen LogP contribution in [-0.4, -0.2) is 38.8 Å². The van der Waals surface area contributed by atoms with E-state index in [1.54, 1.807) is 4.52 Å². The van der Waals surface area contributed by atoms with Gasteiger partial charge in [0.05, 0.1) is 5.92 Å². The molecule has 0 spiro atoms. The Balaban J connectivity index is 1.42. The molecule has 1 aliphatic heterocycles. The lowest BCUT2D eigenvalue weighted by Crippen LogP contribution is -2.43. The van der Waals surface area contributed by atoms with Crippen LogP contribution in [0.25, 0.3) is 5.65 Å². The summed E-state index contributed by atoms with van der Waals surface area (Å²) in [5.74, 6) is 1.71. The quantitative estimate of drug-likeness (QED) is 0.778. The van der Waals surface area contributed by atoms with Crippen LogP contribution < -0.4 is 10.2 Å². The highest BCUT2D eigenvalue weighted by Gasteiger charge is 2.26. The predicted molar refractivity (Wildman–Crippen MR) is 98.7 cm³/mol. The maximum atomic E-state index is 12.6. The number of aryl methyl sites for hydroxylation is 1. The molecule has 3 heterocycles. The highest BCUT2D eigenvalue weighted by atomic mass is 16.1. The first-order valence-electron chi connectivity index (χ1n) is 8.96. The molecule has 1 amide bonds. The molecule has 134 valence electrons. The fraction of sp³-hybridized carbons (Fsp3) is 0.368. The average molecular weight is 350 g/mol. The first-order valence-corrected chi connectivity index (χ1v) is 8.96. The van der Waals surface area contributed by atoms with E-state index in [1.807, 2.05) is 49.4 Å². The molecule has 26 heavy (non-hydrogen) atoms. The molecule has 2 aromatic heterocycles. The number of hydrogen-bond donors (Lipinski definition) is 1. The Hall–Kier alpha value is -2.96. The largest absolute Gasteiger partial charge is 0.354 e. The van der Waals surface area contributed by atoms with E-state index in [1.165, 1.54) is 0 Å². The topological polar surface area (TPSA) is 75.4 Å². The molecule has 0 unspecified atom stereocenters. The minimum atomic E-state index is -0.0213. The number of benzene rings is 1. The molecule has 3 aromatic rings. The van der Waals surface area contributed by atoms with Crippen LogP contribution in [-0.2, 0) is 11.3 Å². The third-order valence-corrected chi connectivity index (χ3v) is 4.83. The van der Waals surface area contributed by atoms with Gasteiger partial charge in [-0.15, -0.1) is 15.3 Å². The summed E-state index contributed by atoms with van der Waals surface area (Å²) in [5.41, 5.74) is 1.85.